The maximum absolute atomic E-state index is 13.0. The molecule has 8 unspecified atom stereocenters. The molecule has 0 aliphatic carbocycles. The van der Waals surface area contributed by atoms with E-state index in [4.69, 9.17) is 37.9 Å². The zero-order valence-corrected chi connectivity index (χ0v) is 76.9. The minimum absolute atomic E-state index is 0.0309. The van der Waals surface area contributed by atoms with Crippen molar-refractivity contribution in [3.63, 3.8) is 0 Å². The highest BCUT2D eigenvalue weighted by Gasteiger charge is 2.49. The van der Waals surface area contributed by atoms with Gasteiger partial charge in [-0.2, -0.15) is 0 Å². The van der Waals surface area contributed by atoms with E-state index in [9.17, 15) is 154 Å². The summed E-state index contributed by atoms with van der Waals surface area (Å²) in [5, 5.41) is 239. The van der Waals surface area contributed by atoms with Crippen molar-refractivity contribution < 1.29 is 192 Å². The van der Waals surface area contributed by atoms with E-state index in [1.807, 2.05) is 90.1 Å². The Balaban J connectivity index is 0.00000168. The summed E-state index contributed by atoms with van der Waals surface area (Å²) in [4.78, 5) is 49.8. The van der Waals surface area contributed by atoms with Gasteiger partial charge in [-0.25, -0.2) is 4.39 Å². The summed E-state index contributed by atoms with van der Waals surface area (Å²) in [5.74, 6) is -1.66. The fourth-order valence-electron chi connectivity index (χ4n) is 12.9. The number of hydrogen-bond donors (Lipinski definition) is 27. The third kappa shape index (κ3) is 42.1. The van der Waals surface area contributed by atoms with Crippen LogP contribution < -0.4 is 21.3 Å². The molecule has 4 aliphatic rings. The molecule has 4 fully saturated rings. The predicted molar refractivity (Wildman–Crippen MR) is 469 cm³/mol. The summed E-state index contributed by atoms with van der Waals surface area (Å²) in [7, 11) is 1.50. The first-order valence-corrected chi connectivity index (χ1v) is 43.5. The molecule has 27 N–H and O–H groups in total. The molecule has 4 aliphatic heterocycles. The second-order valence-corrected chi connectivity index (χ2v) is 30.3. The number of aryl methyl sites for hydroxylation is 2. The van der Waals surface area contributed by atoms with Crippen LogP contribution in [0, 0.1) is 13.8 Å². The Hall–Kier alpha value is -6.76. The van der Waals surface area contributed by atoms with Gasteiger partial charge in [-0.15, -0.1) is 0 Å². The number of hydrogen-bond acceptors (Lipinski definition) is 35. The Bertz CT molecular complexity index is 3370. The SMILES string of the molecule is CC.CC.CC[C@@H](O)[C@@H](O)[C@H](CO[C@H]1OC(CF)[C@@H](O)[C@H](O)C1O)NC(=O)Cc1ccc(C)cc1.CC[C@@H](O)[C@@H](O)[C@H](CO[C@H]1OC(CO)[C@@H](O)[C@H](O)C1O)NC(=O)Cc1ccc(C)cc1.CC[C@@H](O)[C@@H](O)[C@H](CO[C@H]1OC(CO)[C@@H](O)[C@H](O)C1O)NC(=O)Cc1ccccc1.CC[C@@H](O)[C@@H](O)[C@H](CO[C@H]1OC(CO)[C@@H](O)[C@H](O)C1O)NC(=O)Cc1ccccc1.CF.CF.CF. The van der Waals surface area contributed by atoms with E-state index >= 15 is 0 Å². The molecule has 39 nitrogen and oxygen atoms in total. The van der Waals surface area contributed by atoms with Crippen LogP contribution in [0.15, 0.2) is 109 Å². The smallest absolute Gasteiger partial charge is 0.224 e. The molecule has 0 saturated carbocycles. The van der Waals surface area contributed by atoms with Crippen LogP contribution in [0.4, 0.5) is 17.6 Å². The van der Waals surface area contributed by atoms with Crippen molar-refractivity contribution in [3.8, 4) is 0 Å². The number of carbonyl (C=O) groups excluding carboxylic acids is 4. The fraction of sp³-hybridized carbons (Fsp3) is 0.685. The molecule has 4 aromatic carbocycles. The normalized spacial score (nSPS) is 27.5. The van der Waals surface area contributed by atoms with E-state index in [2.05, 4.69) is 21.3 Å². The maximum atomic E-state index is 13.0. The maximum Gasteiger partial charge on any atom is 0.224 e. The molecule has 43 heteroatoms. The highest BCUT2D eigenvalue weighted by atomic mass is 19.1. The number of halogens is 4. The minimum atomic E-state index is -1.69. The Morgan fingerprint density at radius 2 is 0.500 bits per heavy atom. The zero-order chi connectivity index (χ0) is 101. The molecule has 0 bridgehead atoms. The Morgan fingerprint density at radius 3 is 0.689 bits per heavy atom. The third-order valence-corrected chi connectivity index (χ3v) is 20.8. The van der Waals surface area contributed by atoms with Gasteiger partial charge in [0.05, 0.1) is 142 Å². The lowest BCUT2D eigenvalue weighted by Crippen LogP contribution is -2.60. The van der Waals surface area contributed by atoms with Crippen molar-refractivity contribution in [3.05, 3.63) is 143 Å². The molecule has 4 amide bonds. The predicted octanol–water partition coefficient (Wildman–Crippen LogP) is -3.95. The molecule has 4 heterocycles. The molecular formula is C89H148F4N4O35. The number of rotatable bonds is 40. The zero-order valence-electron chi connectivity index (χ0n) is 76.9. The van der Waals surface area contributed by atoms with Crippen LogP contribution in [0.3, 0.4) is 0 Å². The molecule has 8 rings (SSSR count). The van der Waals surface area contributed by atoms with Gasteiger partial charge in [0.25, 0.3) is 0 Å². The molecule has 0 aromatic heterocycles. The lowest BCUT2D eigenvalue weighted by Gasteiger charge is -2.40. The lowest BCUT2D eigenvalue weighted by atomic mass is 9.99. The first kappa shape index (κ1) is 125. The molecule has 132 heavy (non-hydrogen) atoms. The van der Waals surface area contributed by atoms with Crippen LogP contribution in [-0.4, -0.2) is 411 Å². The average molecular weight is 1910 g/mol. The molecule has 4 saturated heterocycles. The summed E-state index contributed by atoms with van der Waals surface area (Å²) in [6.07, 6.45) is -38.8. The van der Waals surface area contributed by atoms with Crippen molar-refractivity contribution in [2.75, 3.05) is 74.5 Å². The summed E-state index contributed by atoms with van der Waals surface area (Å²) in [6, 6.07) is 28.4. The van der Waals surface area contributed by atoms with Gasteiger partial charge in [-0.3, -0.25) is 32.3 Å². The Labute approximate surface area is 767 Å². The van der Waals surface area contributed by atoms with Gasteiger partial charge < -0.3 is 177 Å². The van der Waals surface area contributed by atoms with Gasteiger partial charge in [0.1, 0.15) is 129 Å². The number of nitrogens with one attached hydrogen (secondary N) is 4. The van der Waals surface area contributed by atoms with Gasteiger partial charge in [-0.05, 0) is 61.8 Å². The number of aliphatic hydroxyl groups excluding tert-OH is 23. The molecule has 0 spiro atoms. The highest BCUT2D eigenvalue weighted by Crippen LogP contribution is 2.28. The summed E-state index contributed by atoms with van der Waals surface area (Å²) in [5.41, 5.74) is 5.13. The van der Waals surface area contributed by atoms with Gasteiger partial charge >= 0.3 is 0 Å². The van der Waals surface area contributed by atoms with Gasteiger partial charge in [0.15, 0.2) is 25.2 Å². The Kier molecular flexibility index (Phi) is 65.6. The Morgan fingerprint density at radius 1 is 0.311 bits per heavy atom. The highest BCUT2D eigenvalue weighted by molar-refractivity contribution is 5.80. The molecular weight excluding hydrogens is 1760 g/mol. The van der Waals surface area contributed by atoms with Gasteiger partial charge in [0, 0.05) is 0 Å². The quantitative estimate of drug-likeness (QED) is 0.0189. The first-order valence-electron chi connectivity index (χ1n) is 43.5. The second kappa shape index (κ2) is 69.1. The molecule has 0 radical (unpaired) electrons. The number of amides is 4. The summed E-state index contributed by atoms with van der Waals surface area (Å²) >= 11 is 0. The first-order chi connectivity index (χ1) is 62.9. The van der Waals surface area contributed by atoms with E-state index in [1.54, 1.807) is 88.4 Å². The monoisotopic (exact) mass is 1910 g/mol. The second-order valence-electron chi connectivity index (χ2n) is 30.3. The largest absolute Gasteiger partial charge is 0.394 e. The minimum Gasteiger partial charge on any atom is -0.394 e. The van der Waals surface area contributed by atoms with Crippen LogP contribution in [-0.2, 0) is 82.8 Å². The fourth-order valence-corrected chi connectivity index (χ4v) is 12.9. The van der Waals surface area contributed by atoms with E-state index in [0.29, 0.717) is 21.5 Å². The third-order valence-electron chi connectivity index (χ3n) is 20.8. The van der Waals surface area contributed by atoms with Crippen LogP contribution >= 0.6 is 0 Å². The number of alkyl halides is 4. The number of benzene rings is 4. The number of aliphatic hydroxyl groups is 23. The van der Waals surface area contributed by atoms with E-state index < -0.39 is 253 Å². The van der Waals surface area contributed by atoms with Crippen LogP contribution in [0.1, 0.15) is 114 Å². The van der Waals surface area contributed by atoms with Crippen molar-refractivity contribution in [1.29, 1.82) is 0 Å². The summed E-state index contributed by atoms with van der Waals surface area (Å²) < 4.78 is 84.2. The molecule has 4 aromatic rings. The number of ether oxygens (including phenoxy) is 8. The van der Waals surface area contributed by atoms with Gasteiger partial charge in [-0.1, -0.05) is 176 Å². The lowest BCUT2D eigenvalue weighted by molar-refractivity contribution is -0.303. The molecule has 762 valence electrons. The van der Waals surface area contributed by atoms with E-state index in [0.717, 1.165) is 33.4 Å². The van der Waals surface area contributed by atoms with Crippen molar-refractivity contribution in [2.45, 2.75) is 316 Å². The topological polar surface area (TPSA) is 656 Å². The van der Waals surface area contributed by atoms with E-state index in [1.165, 1.54) is 0 Å². The summed E-state index contributed by atoms with van der Waals surface area (Å²) in [6.45, 7) is 14.1. The van der Waals surface area contributed by atoms with Crippen LogP contribution in [0.2, 0.25) is 0 Å². The average Bonchev–Trinajstić information content (AvgIpc) is 0.826. The van der Waals surface area contributed by atoms with Crippen molar-refractivity contribution in [2.24, 2.45) is 0 Å². The van der Waals surface area contributed by atoms with E-state index in [-0.39, 0.29) is 71.2 Å². The van der Waals surface area contributed by atoms with Crippen LogP contribution in [0.25, 0.3) is 0 Å². The van der Waals surface area contributed by atoms with Crippen LogP contribution in [0.5, 0.6) is 0 Å². The van der Waals surface area contributed by atoms with Crippen molar-refractivity contribution in [1.82, 2.24) is 21.3 Å². The van der Waals surface area contributed by atoms with Gasteiger partial charge in [0.2, 0.25) is 23.6 Å². The standard InChI is InChI=1S/C21H32FNO8.C21H33NO9.2C20H31NO9.2C2H6.3CH3F/c1-3-14(24)17(26)13(23-16(25)8-12-6-4-11(2)5-7-12)10-30-21-20(29)19(28)18(27)15(9-22)31-21;1-3-14(24)17(26)13(22-16(25)8-12-6-4-11(2)5-7-12)10-30-21-20(29)19(28)18(27)15(9-23)31-21;2*1-2-13(23)16(25)12(21-15(24)8-11-6-4-3-5-7-11)10-29-20-19(28)18(27)17(26)14(9-22)30-20;5*1-2/h4-7,13-15,17-21,24,26-29H,3,8-10H2,1-2H3,(H,23,25);4-7,13-15,17-21,23-24,26-29H,3,8-10H2,1-2H3,(H,22,25);2*3-7,12-14,16-20,22-23,25-28H,2,8-10H2,1H3,(H,21,24);2*1-2H3;3*1H3/t2*13-,14+,15?,17-,18+,19-,20?,21-;2*12-,13+,14?,16-,17+,18-,19?,20-;;;;;/m0000...../s1. The molecule has 32 atom stereocenters. The number of carbonyl (C=O) groups is 4. The van der Waals surface area contributed by atoms with Crippen molar-refractivity contribution >= 4 is 23.6 Å².